The highest BCUT2D eigenvalue weighted by Crippen LogP contribution is 2.26. The van der Waals surface area contributed by atoms with Crippen LogP contribution in [0.2, 0.25) is 0 Å². The topological polar surface area (TPSA) is 138 Å². The minimum Gasteiger partial charge on any atom is -0.481 e. The van der Waals surface area contributed by atoms with Gasteiger partial charge in [0, 0.05) is 0 Å². The van der Waals surface area contributed by atoms with Crippen LogP contribution in [0, 0.1) is 0 Å². The number of hydrogen-bond donors (Lipinski definition) is 2. The van der Waals surface area contributed by atoms with Gasteiger partial charge in [0.15, 0.2) is 0 Å². The van der Waals surface area contributed by atoms with Gasteiger partial charge < -0.3 is 29.6 Å². The smallest absolute Gasteiger partial charge is 0.328 e. The third-order valence-electron chi connectivity index (χ3n) is 4.15. The Morgan fingerprint density at radius 1 is 0.969 bits per heavy atom. The van der Waals surface area contributed by atoms with E-state index in [1.165, 1.54) is 40.2 Å². The molecule has 0 aliphatic rings. The van der Waals surface area contributed by atoms with Gasteiger partial charge >= 0.3 is 12.0 Å². The number of nitrogens with one attached hydrogen (secondary N) is 2. The number of ether oxygens (including phenoxy) is 4. The van der Waals surface area contributed by atoms with Crippen LogP contribution in [0.25, 0.3) is 0 Å². The van der Waals surface area contributed by atoms with Crippen molar-refractivity contribution in [1.82, 2.24) is 20.6 Å². The van der Waals surface area contributed by atoms with Crippen molar-refractivity contribution in [3.05, 3.63) is 35.9 Å². The molecule has 2 amide bonds. The zero-order valence-corrected chi connectivity index (χ0v) is 18.5. The molecular weight excluding hydrogens is 420 g/mol. The number of carbonyl (C=O) groups is 3. The molecular formula is C21H26N4O7. The second-order valence-electron chi connectivity index (χ2n) is 6.51. The van der Waals surface area contributed by atoms with Gasteiger partial charge in [0.25, 0.3) is 5.91 Å². The summed E-state index contributed by atoms with van der Waals surface area (Å²) in [6.45, 7) is 4.85. The van der Waals surface area contributed by atoms with Crippen LogP contribution in [0.1, 0.15) is 31.1 Å². The van der Waals surface area contributed by atoms with Crippen LogP contribution < -0.4 is 24.8 Å². The van der Waals surface area contributed by atoms with E-state index >= 15 is 0 Å². The van der Waals surface area contributed by atoms with Crippen molar-refractivity contribution in [2.75, 3.05) is 20.8 Å². The molecule has 2 atom stereocenters. The van der Waals surface area contributed by atoms with Crippen molar-refractivity contribution in [2.24, 2.45) is 0 Å². The van der Waals surface area contributed by atoms with Gasteiger partial charge in [-0.3, -0.25) is 9.59 Å². The molecule has 0 aliphatic carbocycles. The number of benzene rings is 1. The van der Waals surface area contributed by atoms with Crippen LogP contribution in [0.4, 0.5) is 0 Å². The van der Waals surface area contributed by atoms with Crippen LogP contribution in [0.15, 0.2) is 30.3 Å². The molecule has 0 saturated carbocycles. The maximum atomic E-state index is 12.8. The number of rotatable bonds is 10. The highest BCUT2D eigenvalue weighted by Gasteiger charge is 2.23. The van der Waals surface area contributed by atoms with Crippen molar-refractivity contribution < 1.29 is 33.3 Å². The first-order valence-corrected chi connectivity index (χ1v) is 9.80. The Kier molecular flexibility index (Phi) is 8.75. The fourth-order valence-corrected chi connectivity index (χ4v) is 2.48. The van der Waals surface area contributed by atoms with Crippen LogP contribution in [-0.2, 0) is 14.3 Å². The predicted molar refractivity (Wildman–Crippen MR) is 113 cm³/mol. The zero-order chi connectivity index (χ0) is 23.7. The van der Waals surface area contributed by atoms with Crippen LogP contribution in [-0.4, -0.2) is 60.7 Å². The average Bonchev–Trinajstić information content (AvgIpc) is 2.78. The standard InChI is InChI=1S/C21H26N4O7/c1-6-31-20(28)13(3)23-18(26)12(2)22-19(27)14-9-7-8-10-15(14)32-21-24-16(29-4)11-17(25-21)30-5/h7-13H,6H2,1-5H3,(H,22,27)(H,23,26). The van der Waals surface area contributed by atoms with Gasteiger partial charge in [-0.2, -0.15) is 9.97 Å². The molecule has 172 valence electrons. The Hall–Kier alpha value is -3.89. The summed E-state index contributed by atoms with van der Waals surface area (Å²) in [5.74, 6) is -1.08. The van der Waals surface area contributed by atoms with Crippen molar-refractivity contribution in [3.63, 3.8) is 0 Å². The lowest BCUT2D eigenvalue weighted by molar-refractivity contribution is -0.147. The summed E-state index contributed by atoms with van der Waals surface area (Å²) in [6.07, 6.45) is 0. The van der Waals surface area contributed by atoms with Crippen LogP contribution >= 0.6 is 0 Å². The summed E-state index contributed by atoms with van der Waals surface area (Å²) in [5, 5.41) is 5.06. The number of para-hydroxylation sites is 1. The maximum absolute atomic E-state index is 12.8. The fraction of sp³-hybridized carbons (Fsp3) is 0.381. The Morgan fingerprint density at radius 3 is 2.19 bits per heavy atom. The molecule has 0 spiro atoms. The Labute approximate surface area is 185 Å². The van der Waals surface area contributed by atoms with Crippen molar-refractivity contribution in [3.8, 4) is 23.5 Å². The molecule has 1 aromatic heterocycles. The maximum Gasteiger partial charge on any atom is 0.328 e. The molecule has 0 aliphatic heterocycles. The quantitative estimate of drug-likeness (QED) is 0.520. The minimum atomic E-state index is -0.930. The molecule has 2 rings (SSSR count). The molecule has 1 aromatic carbocycles. The number of hydrogen-bond acceptors (Lipinski definition) is 9. The van der Waals surface area contributed by atoms with Crippen LogP contribution in [0.5, 0.6) is 23.5 Å². The highest BCUT2D eigenvalue weighted by atomic mass is 16.5. The van der Waals surface area contributed by atoms with Crippen molar-refractivity contribution in [1.29, 1.82) is 0 Å². The predicted octanol–water partition coefficient (Wildman–Crippen LogP) is 1.47. The average molecular weight is 446 g/mol. The van der Waals surface area contributed by atoms with E-state index in [1.807, 2.05) is 0 Å². The number of amides is 2. The van der Waals surface area contributed by atoms with E-state index in [9.17, 15) is 14.4 Å². The molecule has 2 aromatic rings. The van der Waals surface area contributed by atoms with Gasteiger partial charge in [-0.05, 0) is 32.9 Å². The molecule has 32 heavy (non-hydrogen) atoms. The lowest BCUT2D eigenvalue weighted by Crippen LogP contribution is -2.49. The fourth-order valence-electron chi connectivity index (χ4n) is 2.48. The number of esters is 1. The monoisotopic (exact) mass is 446 g/mol. The van der Waals surface area contributed by atoms with Gasteiger partial charge in [0.2, 0.25) is 17.7 Å². The SMILES string of the molecule is CCOC(=O)C(C)NC(=O)C(C)NC(=O)c1ccccc1Oc1nc(OC)cc(OC)n1. The largest absolute Gasteiger partial charge is 0.481 e. The minimum absolute atomic E-state index is 0.0875. The van der Waals surface area contributed by atoms with E-state index in [-0.39, 0.29) is 35.7 Å². The number of carbonyl (C=O) groups excluding carboxylic acids is 3. The summed E-state index contributed by atoms with van der Waals surface area (Å²) in [5.41, 5.74) is 0.149. The third kappa shape index (κ3) is 6.56. The summed E-state index contributed by atoms with van der Waals surface area (Å²) < 4.78 is 20.7. The van der Waals surface area contributed by atoms with Gasteiger partial charge in [-0.1, -0.05) is 12.1 Å². The molecule has 1 heterocycles. The van der Waals surface area contributed by atoms with Gasteiger partial charge in [0.1, 0.15) is 17.8 Å². The first-order chi connectivity index (χ1) is 15.3. The van der Waals surface area contributed by atoms with Crippen LogP contribution in [0.3, 0.4) is 0 Å². The van der Waals surface area contributed by atoms with E-state index in [0.717, 1.165) is 0 Å². The summed E-state index contributed by atoms with van der Waals surface area (Å²) >= 11 is 0. The summed E-state index contributed by atoms with van der Waals surface area (Å²) in [6, 6.07) is 5.99. The van der Waals surface area contributed by atoms with Crippen molar-refractivity contribution >= 4 is 17.8 Å². The molecule has 11 heteroatoms. The molecule has 11 nitrogen and oxygen atoms in total. The Bertz CT molecular complexity index is 945. The second-order valence-corrected chi connectivity index (χ2v) is 6.51. The lowest BCUT2D eigenvalue weighted by atomic mass is 10.1. The number of nitrogens with zero attached hydrogens (tertiary/aromatic N) is 2. The second kappa shape index (κ2) is 11.5. The van der Waals surface area contributed by atoms with Gasteiger partial charge in [-0.25, -0.2) is 4.79 Å². The molecule has 0 fully saturated rings. The Morgan fingerprint density at radius 2 is 1.59 bits per heavy atom. The third-order valence-corrected chi connectivity index (χ3v) is 4.15. The molecule has 2 N–H and O–H groups in total. The molecule has 0 bridgehead atoms. The summed E-state index contributed by atoms with van der Waals surface area (Å²) in [7, 11) is 2.87. The first-order valence-electron chi connectivity index (χ1n) is 9.80. The highest BCUT2D eigenvalue weighted by molar-refractivity contribution is 6.00. The van der Waals surface area contributed by atoms with E-state index in [1.54, 1.807) is 25.1 Å². The molecule has 0 saturated heterocycles. The lowest BCUT2D eigenvalue weighted by Gasteiger charge is -2.18. The number of aromatic nitrogens is 2. The first kappa shape index (κ1) is 24.4. The van der Waals surface area contributed by atoms with Gasteiger partial charge in [-0.15, -0.1) is 0 Å². The molecule has 2 unspecified atom stereocenters. The van der Waals surface area contributed by atoms with E-state index in [2.05, 4.69) is 20.6 Å². The normalized spacial score (nSPS) is 12.2. The Balaban J connectivity index is 2.12. The van der Waals surface area contributed by atoms with E-state index in [0.29, 0.717) is 0 Å². The van der Waals surface area contributed by atoms with Gasteiger partial charge in [0.05, 0.1) is 32.5 Å². The van der Waals surface area contributed by atoms with Crippen molar-refractivity contribution in [2.45, 2.75) is 32.9 Å². The molecule has 0 radical (unpaired) electrons. The number of methoxy groups -OCH3 is 2. The summed E-state index contributed by atoms with van der Waals surface area (Å²) in [4.78, 5) is 45.0. The van der Waals surface area contributed by atoms with E-state index in [4.69, 9.17) is 18.9 Å². The van der Waals surface area contributed by atoms with E-state index < -0.39 is 29.9 Å². The zero-order valence-electron chi connectivity index (χ0n) is 18.5.